The topological polar surface area (TPSA) is 50.8 Å². The van der Waals surface area contributed by atoms with Gasteiger partial charge in [0.25, 0.3) is 5.91 Å². The molecule has 1 fully saturated rings. The molecule has 5 nitrogen and oxygen atoms in total. The largest absolute Gasteiger partial charge is 0.484 e. The van der Waals surface area contributed by atoms with Gasteiger partial charge in [-0.05, 0) is 60.7 Å². The van der Waals surface area contributed by atoms with Crippen molar-refractivity contribution in [3.63, 3.8) is 0 Å². The number of ether oxygens (including phenoxy) is 2. The summed E-state index contributed by atoms with van der Waals surface area (Å²) in [5.74, 6) is 1.01. The van der Waals surface area contributed by atoms with Crippen molar-refractivity contribution >= 4 is 17.3 Å². The van der Waals surface area contributed by atoms with Gasteiger partial charge in [0.1, 0.15) is 5.75 Å². The SMILES string of the molecule is COC1CCCN(c2ccc(NC(=O)COc3ccc(C(C)C)cc3)cc2)C1. The van der Waals surface area contributed by atoms with Crippen LogP contribution in [0, 0.1) is 0 Å². The van der Waals surface area contributed by atoms with E-state index in [9.17, 15) is 4.79 Å². The summed E-state index contributed by atoms with van der Waals surface area (Å²) in [6.07, 6.45) is 2.54. The number of hydrogen-bond acceptors (Lipinski definition) is 4. The van der Waals surface area contributed by atoms with Crippen molar-refractivity contribution in [2.24, 2.45) is 0 Å². The van der Waals surface area contributed by atoms with E-state index in [1.54, 1.807) is 7.11 Å². The van der Waals surface area contributed by atoms with Crippen LogP contribution in [0.2, 0.25) is 0 Å². The lowest BCUT2D eigenvalue weighted by molar-refractivity contribution is -0.118. The molecule has 0 saturated carbocycles. The lowest BCUT2D eigenvalue weighted by Crippen LogP contribution is -2.39. The van der Waals surface area contributed by atoms with Crippen molar-refractivity contribution in [3.8, 4) is 5.75 Å². The van der Waals surface area contributed by atoms with E-state index in [0.29, 0.717) is 17.8 Å². The Bertz CT molecular complexity index is 756. The number of methoxy groups -OCH3 is 1. The van der Waals surface area contributed by atoms with Gasteiger partial charge >= 0.3 is 0 Å². The summed E-state index contributed by atoms with van der Waals surface area (Å²) in [5.41, 5.74) is 3.18. The monoisotopic (exact) mass is 382 g/mol. The molecule has 1 N–H and O–H groups in total. The van der Waals surface area contributed by atoms with E-state index in [-0.39, 0.29) is 12.5 Å². The summed E-state index contributed by atoms with van der Waals surface area (Å²) in [6.45, 7) is 6.23. The summed E-state index contributed by atoms with van der Waals surface area (Å²) < 4.78 is 11.1. The number of rotatable bonds is 7. The van der Waals surface area contributed by atoms with Crippen LogP contribution in [0.5, 0.6) is 5.75 Å². The predicted octanol–water partition coefficient (Wildman–Crippen LogP) is 4.44. The smallest absolute Gasteiger partial charge is 0.262 e. The van der Waals surface area contributed by atoms with Crippen LogP contribution in [0.3, 0.4) is 0 Å². The zero-order valence-electron chi connectivity index (χ0n) is 17.0. The number of amides is 1. The van der Waals surface area contributed by atoms with Crippen molar-refractivity contribution < 1.29 is 14.3 Å². The standard InChI is InChI=1S/C23H30N2O3/c1-17(2)18-6-12-21(13-7-18)28-16-23(26)24-19-8-10-20(11-9-19)25-14-4-5-22(15-25)27-3/h6-13,17,22H,4-5,14-16H2,1-3H3,(H,24,26). The van der Waals surface area contributed by atoms with Crippen molar-refractivity contribution in [2.45, 2.75) is 38.7 Å². The Labute approximate surface area is 167 Å². The molecule has 5 heteroatoms. The maximum absolute atomic E-state index is 12.2. The van der Waals surface area contributed by atoms with Gasteiger partial charge in [-0.15, -0.1) is 0 Å². The third-order valence-corrected chi connectivity index (χ3v) is 5.14. The highest BCUT2D eigenvalue weighted by atomic mass is 16.5. The highest BCUT2D eigenvalue weighted by Crippen LogP contribution is 2.23. The van der Waals surface area contributed by atoms with Gasteiger partial charge in [-0.3, -0.25) is 4.79 Å². The Morgan fingerprint density at radius 1 is 1.14 bits per heavy atom. The average molecular weight is 383 g/mol. The van der Waals surface area contributed by atoms with Gasteiger partial charge in [0.15, 0.2) is 6.61 Å². The first kappa shape index (κ1) is 20.2. The first-order chi connectivity index (χ1) is 13.5. The minimum atomic E-state index is -0.168. The van der Waals surface area contributed by atoms with Crippen molar-refractivity contribution in [1.29, 1.82) is 0 Å². The molecular weight excluding hydrogens is 352 g/mol. The van der Waals surface area contributed by atoms with Crippen LogP contribution in [-0.4, -0.2) is 38.8 Å². The zero-order valence-corrected chi connectivity index (χ0v) is 17.0. The van der Waals surface area contributed by atoms with Crippen molar-refractivity contribution in [3.05, 3.63) is 54.1 Å². The molecule has 3 rings (SSSR count). The van der Waals surface area contributed by atoms with Crippen molar-refractivity contribution in [1.82, 2.24) is 0 Å². The Hall–Kier alpha value is -2.53. The summed E-state index contributed by atoms with van der Waals surface area (Å²) in [7, 11) is 1.77. The Morgan fingerprint density at radius 2 is 1.86 bits per heavy atom. The second-order valence-electron chi connectivity index (χ2n) is 7.55. The molecule has 1 saturated heterocycles. The van der Waals surface area contributed by atoms with E-state index in [1.165, 1.54) is 5.56 Å². The van der Waals surface area contributed by atoms with Gasteiger partial charge < -0.3 is 19.7 Å². The summed E-state index contributed by atoms with van der Waals surface area (Å²) in [4.78, 5) is 14.5. The van der Waals surface area contributed by atoms with Crippen LogP contribution >= 0.6 is 0 Å². The molecule has 1 atom stereocenters. The van der Waals surface area contributed by atoms with Gasteiger partial charge in [-0.25, -0.2) is 0 Å². The van der Waals surface area contributed by atoms with E-state index in [0.717, 1.165) is 37.3 Å². The lowest BCUT2D eigenvalue weighted by Gasteiger charge is -2.33. The molecule has 0 spiro atoms. The second-order valence-corrected chi connectivity index (χ2v) is 7.55. The average Bonchev–Trinajstić information content (AvgIpc) is 2.73. The molecule has 0 aromatic heterocycles. The van der Waals surface area contributed by atoms with Crippen molar-refractivity contribution in [2.75, 3.05) is 37.0 Å². The molecule has 1 unspecified atom stereocenters. The van der Waals surface area contributed by atoms with Crippen LogP contribution in [0.25, 0.3) is 0 Å². The quantitative estimate of drug-likeness (QED) is 0.769. The lowest BCUT2D eigenvalue weighted by atomic mass is 10.0. The molecular formula is C23H30N2O3. The van der Waals surface area contributed by atoms with Crippen LogP contribution in [0.15, 0.2) is 48.5 Å². The number of piperidine rings is 1. The summed E-state index contributed by atoms with van der Waals surface area (Å²) in [6, 6.07) is 15.8. The number of benzene rings is 2. The molecule has 0 radical (unpaired) electrons. The third-order valence-electron chi connectivity index (χ3n) is 5.14. The number of anilines is 2. The predicted molar refractivity (Wildman–Crippen MR) is 113 cm³/mol. The van der Waals surface area contributed by atoms with Gasteiger partial charge in [-0.1, -0.05) is 26.0 Å². The fraction of sp³-hybridized carbons (Fsp3) is 0.435. The fourth-order valence-corrected chi connectivity index (χ4v) is 3.42. The number of carbonyl (C=O) groups is 1. The normalized spacial score (nSPS) is 16.9. The van der Waals surface area contributed by atoms with Crippen LogP contribution in [0.4, 0.5) is 11.4 Å². The van der Waals surface area contributed by atoms with Gasteiger partial charge in [0, 0.05) is 31.6 Å². The molecule has 2 aromatic rings. The molecule has 1 amide bonds. The van der Waals surface area contributed by atoms with Crippen LogP contribution in [-0.2, 0) is 9.53 Å². The number of nitrogens with one attached hydrogen (secondary N) is 1. The summed E-state index contributed by atoms with van der Waals surface area (Å²) >= 11 is 0. The van der Waals surface area contributed by atoms with E-state index in [2.05, 4.69) is 24.1 Å². The first-order valence-electron chi connectivity index (χ1n) is 9.95. The number of carbonyl (C=O) groups excluding carboxylic acids is 1. The maximum Gasteiger partial charge on any atom is 0.262 e. The van der Waals surface area contributed by atoms with E-state index in [1.807, 2.05) is 48.5 Å². The van der Waals surface area contributed by atoms with E-state index < -0.39 is 0 Å². The fourth-order valence-electron chi connectivity index (χ4n) is 3.42. The second kappa shape index (κ2) is 9.60. The highest BCUT2D eigenvalue weighted by Gasteiger charge is 2.19. The zero-order chi connectivity index (χ0) is 19.9. The maximum atomic E-state index is 12.2. The molecule has 1 aliphatic heterocycles. The number of nitrogens with zero attached hydrogens (tertiary/aromatic N) is 1. The Morgan fingerprint density at radius 3 is 2.50 bits per heavy atom. The molecule has 0 aliphatic carbocycles. The molecule has 2 aromatic carbocycles. The molecule has 150 valence electrons. The highest BCUT2D eigenvalue weighted by molar-refractivity contribution is 5.92. The Balaban J connectivity index is 1.49. The van der Waals surface area contributed by atoms with Gasteiger partial charge in [0.2, 0.25) is 0 Å². The van der Waals surface area contributed by atoms with E-state index in [4.69, 9.17) is 9.47 Å². The van der Waals surface area contributed by atoms with Crippen LogP contribution in [0.1, 0.15) is 38.2 Å². The van der Waals surface area contributed by atoms with Crippen LogP contribution < -0.4 is 15.0 Å². The molecule has 1 heterocycles. The molecule has 0 bridgehead atoms. The minimum absolute atomic E-state index is 0.00950. The summed E-state index contributed by atoms with van der Waals surface area (Å²) in [5, 5.41) is 2.88. The first-order valence-corrected chi connectivity index (χ1v) is 9.95. The molecule has 28 heavy (non-hydrogen) atoms. The minimum Gasteiger partial charge on any atom is -0.484 e. The van der Waals surface area contributed by atoms with Gasteiger partial charge in [0.05, 0.1) is 6.10 Å². The molecule has 1 aliphatic rings. The van der Waals surface area contributed by atoms with Gasteiger partial charge in [-0.2, -0.15) is 0 Å². The Kier molecular flexibility index (Phi) is 6.93. The third kappa shape index (κ3) is 5.49. The van der Waals surface area contributed by atoms with E-state index >= 15 is 0 Å². The number of hydrogen-bond donors (Lipinski definition) is 1.